The Morgan fingerprint density at radius 1 is 1.50 bits per heavy atom. The molecule has 0 aromatic carbocycles. The number of rotatable bonds is 2. The van der Waals surface area contributed by atoms with Crippen molar-refractivity contribution in [2.45, 2.75) is 13.3 Å². The van der Waals surface area contributed by atoms with Crippen molar-refractivity contribution in [1.29, 1.82) is 0 Å². The quantitative estimate of drug-likeness (QED) is 0.720. The Hall–Kier alpha value is -2.22. The van der Waals surface area contributed by atoms with Gasteiger partial charge < -0.3 is 4.42 Å². The lowest BCUT2D eigenvalue weighted by Gasteiger charge is -1.99. The maximum Gasteiger partial charge on any atom is 0.434 e. The molecule has 8 heteroatoms. The molecule has 0 spiro atoms. The summed E-state index contributed by atoms with van der Waals surface area (Å²) in [6.45, 7) is 1.84. The Morgan fingerprint density at radius 2 is 2.33 bits per heavy atom. The van der Waals surface area contributed by atoms with Crippen molar-refractivity contribution in [1.82, 2.24) is 19.6 Å². The van der Waals surface area contributed by atoms with E-state index in [2.05, 4.69) is 15.2 Å². The molecule has 0 saturated carbocycles. The third-order valence-electron chi connectivity index (χ3n) is 2.51. The molecule has 0 unspecified atom stereocenters. The van der Waals surface area contributed by atoms with Gasteiger partial charge in [0.1, 0.15) is 0 Å². The Balaban J connectivity index is 2.12. The van der Waals surface area contributed by atoms with Crippen molar-refractivity contribution in [3.8, 4) is 0 Å². The van der Waals surface area contributed by atoms with Crippen LogP contribution in [-0.4, -0.2) is 19.6 Å². The second-order valence-electron chi connectivity index (χ2n) is 3.77. The van der Waals surface area contributed by atoms with Gasteiger partial charge in [0.2, 0.25) is 5.89 Å². The normalized spacial score (nSPS) is 11.2. The van der Waals surface area contributed by atoms with Gasteiger partial charge in [0.15, 0.2) is 4.96 Å². The molecular formula is C10H8N4O3S. The number of fused-ring (bicyclic) bond motifs is 1. The van der Waals surface area contributed by atoms with Crippen molar-refractivity contribution < 1.29 is 4.42 Å². The van der Waals surface area contributed by atoms with E-state index in [0.717, 1.165) is 5.69 Å². The summed E-state index contributed by atoms with van der Waals surface area (Å²) in [5, 5.41) is 7.68. The number of nitrogens with zero attached hydrogens (tertiary/aromatic N) is 3. The number of aryl methyl sites for hydroxylation is 1. The first-order valence-electron chi connectivity index (χ1n) is 5.14. The van der Waals surface area contributed by atoms with Crippen LogP contribution in [0.1, 0.15) is 17.1 Å². The van der Waals surface area contributed by atoms with Gasteiger partial charge in [-0.1, -0.05) is 0 Å². The summed E-state index contributed by atoms with van der Waals surface area (Å²) in [5.41, 5.74) is 1.10. The first-order chi connectivity index (χ1) is 8.65. The number of hydrogen-bond donors (Lipinski definition) is 1. The first-order valence-corrected chi connectivity index (χ1v) is 6.02. The number of aromatic nitrogens is 4. The van der Waals surface area contributed by atoms with E-state index in [1.807, 2.05) is 12.3 Å². The highest BCUT2D eigenvalue weighted by Gasteiger charge is 2.11. The topological polar surface area (TPSA) is 93.3 Å². The second kappa shape index (κ2) is 3.91. The van der Waals surface area contributed by atoms with E-state index in [1.54, 1.807) is 0 Å². The fraction of sp³-hybridized carbons (Fsp3) is 0.200. The molecule has 3 aromatic heterocycles. The van der Waals surface area contributed by atoms with Gasteiger partial charge in [-0.05, 0) is 6.92 Å². The summed E-state index contributed by atoms with van der Waals surface area (Å²) in [4.78, 5) is 27.8. The van der Waals surface area contributed by atoms with Crippen LogP contribution in [0.5, 0.6) is 0 Å². The minimum atomic E-state index is -0.633. The number of thiazole rings is 1. The maximum atomic E-state index is 12.2. The van der Waals surface area contributed by atoms with E-state index >= 15 is 0 Å². The molecule has 7 nitrogen and oxygen atoms in total. The predicted octanol–water partition coefficient (Wildman–Crippen LogP) is 0.332. The molecule has 0 atom stereocenters. The molecule has 0 radical (unpaired) electrons. The van der Waals surface area contributed by atoms with Crippen LogP contribution in [0.25, 0.3) is 4.96 Å². The van der Waals surface area contributed by atoms with Crippen LogP contribution < -0.4 is 11.3 Å². The van der Waals surface area contributed by atoms with Crippen LogP contribution in [0.2, 0.25) is 0 Å². The summed E-state index contributed by atoms with van der Waals surface area (Å²) in [6, 6.07) is 0. The monoisotopic (exact) mass is 264 g/mol. The van der Waals surface area contributed by atoms with Crippen molar-refractivity contribution in [3.63, 3.8) is 0 Å². The van der Waals surface area contributed by atoms with Gasteiger partial charge in [-0.15, -0.1) is 16.4 Å². The molecule has 1 N–H and O–H groups in total. The summed E-state index contributed by atoms with van der Waals surface area (Å²) < 4.78 is 6.30. The largest absolute Gasteiger partial charge is 0.434 e. The molecule has 0 fully saturated rings. The minimum absolute atomic E-state index is 0.142. The van der Waals surface area contributed by atoms with Crippen LogP contribution in [0, 0.1) is 6.92 Å². The molecule has 0 amide bonds. The zero-order chi connectivity index (χ0) is 12.7. The number of hydrogen-bond acceptors (Lipinski definition) is 6. The van der Waals surface area contributed by atoms with Gasteiger partial charge in [-0.3, -0.25) is 9.20 Å². The molecule has 0 aliphatic carbocycles. The van der Waals surface area contributed by atoms with Gasteiger partial charge in [0, 0.05) is 22.8 Å². The standard InChI is InChI=1S/C10H8N4O3S/c1-5-4-18-9-11-3-6(8(15)14(5)9)2-7-12-13-10(16)17-7/h3-4H,2H2,1H3,(H,13,16). The fourth-order valence-electron chi connectivity index (χ4n) is 1.68. The van der Waals surface area contributed by atoms with Crippen molar-refractivity contribution in [2.75, 3.05) is 0 Å². The van der Waals surface area contributed by atoms with E-state index in [4.69, 9.17) is 4.42 Å². The van der Waals surface area contributed by atoms with E-state index in [1.165, 1.54) is 21.9 Å². The zero-order valence-electron chi connectivity index (χ0n) is 9.34. The smallest absolute Gasteiger partial charge is 0.392 e. The lowest BCUT2D eigenvalue weighted by atomic mass is 10.2. The van der Waals surface area contributed by atoms with E-state index in [-0.39, 0.29) is 17.9 Å². The average molecular weight is 264 g/mol. The summed E-state index contributed by atoms with van der Waals surface area (Å²) in [5.74, 6) is -0.461. The molecule has 18 heavy (non-hydrogen) atoms. The van der Waals surface area contributed by atoms with Gasteiger partial charge >= 0.3 is 5.76 Å². The fourth-order valence-corrected chi connectivity index (χ4v) is 2.51. The van der Waals surface area contributed by atoms with E-state index in [9.17, 15) is 9.59 Å². The van der Waals surface area contributed by atoms with Crippen LogP contribution in [0.3, 0.4) is 0 Å². The Labute approximate surface area is 104 Å². The van der Waals surface area contributed by atoms with Crippen LogP contribution in [0.4, 0.5) is 0 Å². The van der Waals surface area contributed by atoms with Crippen molar-refractivity contribution in [3.05, 3.63) is 49.6 Å². The SMILES string of the molecule is Cc1csc2ncc(Cc3n[nH]c(=O)o3)c(=O)n12. The maximum absolute atomic E-state index is 12.2. The van der Waals surface area contributed by atoms with Crippen molar-refractivity contribution >= 4 is 16.3 Å². The lowest BCUT2D eigenvalue weighted by molar-refractivity contribution is 0.470. The van der Waals surface area contributed by atoms with E-state index < -0.39 is 5.76 Å². The number of H-pyrrole nitrogens is 1. The molecule has 0 aliphatic rings. The second-order valence-corrected chi connectivity index (χ2v) is 4.60. The molecule has 3 heterocycles. The molecule has 92 valence electrons. The van der Waals surface area contributed by atoms with Gasteiger partial charge in [-0.25, -0.2) is 14.9 Å². The predicted molar refractivity (Wildman–Crippen MR) is 64.0 cm³/mol. The molecule has 0 aliphatic heterocycles. The Morgan fingerprint density at radius 3 is 3.06 bits per heavy atom. The molecule has 0 saturated heterocycles. The van der Waals surface area contributed by atoms with Gasteiger partial charge in [0.05, 0.1) is 6.42 Å². The average Bonchev–Trinajstić information content (AvgIpc) is 2.90. The number of nitrogens with one attached hydrogen (secondary N) is 1. The highest BCUT2D eigenvalue weighted by Crippen LogP contribution is 2.11. The Kier molecular flexibility index (Phi) is 2.37. The third kappa shape index (κ3) is 1.66. The van der Waals surface area contributed by atoms with Gasteiger partial charge in [0.25, 0.3) is 5.56 Å². The van der Waals surface area contributed by atoms with Crippen LogP contribution >= 0.6 is 11.3 Å². The molecular weight excluding hydrogens is 256 g/mol. The lowest BCUT2D eigenvalue weighted by Crippen LogP contribution is -2.19. The summed E-state index contributed by atoms with van der Waals surface area (Å²) in [6.07, 6.45) is 1.63. The molecule has 3 aromatic rings. The molecule has 3 rings (SSSR count). The highest BCUT2D eigenvalue weighted by atomic mass is 32.1. The minimum Gasteiger partial charge on any atom is -0.392 e. The zero-order valence-corrected chi connectivity index (χ0v) is 10.2. The van der Waals surface area contributed by atoms with Crippen LogP contribution in [-0.2, 0) is 6.42 Å². The van der Waals surface area contributed by atoms with Gasteiger partial charge in [-0.2, -0.15) is 0 Å². The third-order valence-corrected chi connectivity index (χ3v) is 3.47. The molecule has 0 bridgehead atoms. The Bertz CT molecular complexity index is 825. The summed E-state index contributed by atoms with van der Waals surface area (Å²) >= 11 is 1.40. The van der Waals surface area contributed by atoms with E-state index in [0.29, 0.717) is 10.5 Å². The van der Waals surface area contributed by atoms with Crippen LogP contribution in [0.15, 0.2) is 25.6 Å². The van der Waals surface area contributed by atoms with Crippen molar-refractivity contribution in [2.24, 2.45) is 0 Å². The first kappa shape index (κ1) is 10.9. The highest BCUT2D eigenvalue weighted by molar-refractivity contribution is 7.15. The summed E-state index contributed by atoms with van der Waals surface area (Å²) in [7, 11) is 0. The number of aromatic amines is 1.